The molecule has 3 rings (SSSR count). The number of piperidine rings is 1. The van der Waals surface area contributed by atoms with E-state index in [1.54, 1.807) is 6.07 Å². The Kier molecular flexibility index (Phi) is 8.36. The van der Waals surface area contributed by atoms with Crippen LogP contribution in [0.3, 0.4) is 0 Å². The van der Waals surface area contributed by atoms with Gasteiger partial charge < -0.3 is 19.5 Å². The van der Waals surface area contributed by atoms with E-state index >= 15 is 0 Å². The summed E-state index contributed by atoms with van der Waals surface area (Å²) >= 11 is 0. The Hall–Kier alpha value is -2.76. The van der Waals surface area contributed by atoms with Crippen LogP contribution in [0.1, 0.15) is 38.3 Å². The summed E-state index contributed by atoms with van der Waals surface area (Å²) in [5.74, 6) is 1.94. The first-order valence-corrected chi connectivity index (χ1v) is 11.1. The number of nitrogens with zero attached hydrogens (tertiary/aromatic N) is 3. The van der Waals surface area contributed by atoms with Gasteiger partial charge in [-0.3, -0.25) is 9.79 Å². The van der Waals surface area contributed by atoms with Crippen LogP contribution in [-0.2, 0) is 6.54 Å². The Balaban J connectivity index is 1.45. The Morgan fingerprint density at radius 2 is 1.87 bits per heavy atom. The highest BCUT2D eigenvalue weighted by Crippen LogP contribution is 2.18. The number of ether oxygens (including phenoxy) is 1. The number of rotatable bonds is 8. The number of hydrogen-bond acceptors (Lipinski definition) is 3. The third-order valence-corrected chi connectivity index (χ3v) is 5.44. The van der Waals surface area contributed by atoms with Crippen LogP contribution in [0.4, 0.5) is 0 Å². The molecule has 1 fully saturated rings. The van der Waals surface area contributed by atoms with Gasteiger partial charge in [0.25, 0.3) is 5.56 Å². The average molecular weight is 411 g/mol. The van der Waals surface area contributed by atoms with Gasteiger partial charge in [0.05, 0.1) is 0 Å². The second kappa shape index (κ2) is 11.4. The lowest BCUT2D eigenvalue weighted by molar-refractivity contribution is 0.129. The van der Waals surface area contributed by atoms with Gasteiger partial charge in [-0.05, 0) is 44.9 Å². The molecule has 0 spiro atoms. The van der Waals surface area contributed by atoms with Crippen LogP contribution in [0, 0.1) is 6.92 Å². The summed E-state index contributed by atoms with van der Waals surface area (Å²) in [6, 6.07) is 15.5. The summed E-state index contributed by atoms with van der Waals surface area (Å²) in [4.78, 5) is 19.1. The highest BCUT2D eigenvalue weighted by Gasteiger charge is 2.22. The maximum atomic E-state index is 12.0. The van der Waals surface area contributed by atoms with Gasteiger partial charge in [-0.1, -0.05) is 24.3 Å². The summed E-state index contributed by atoms with van der Waals surface area (Å²) < 4.78 is 7.94. The molecule has 6 nitrogen and oxygen atoms in total. The predicted molar refractivity (Wildman–Crippen MR) is 122 cm³/mol. The summed E-state index contributed by atoms with van der Waals surface area (Å²) in [5, 5.41) is 3.42. The van der Waals surface area contributed by atoms with Gasteiger partial charge in [0, 0.05) is 57.3 Å². The molecule has 0 aliphatic carbocycles. The van der Waals surface area contributed by atoms with E-state index in [1.165, 1.54) is 0 Å². The fourth-order valence-electron chi connectivity index (χ4n) is 3.78. The molecule has 2 aromatic rings. The van der Waals surface area contributed by atoms with Crippen molar-refractivity contribution in [3.05, 3.63) is 64.6 Å². The third kappa shape index (κ3) is 6.37. The molecular formula is C24H34N4O2. The first-order valence-electron chi connectivity index (χ1n) is 11.1. The second-order valence-electron chi connectivity index (χ2n) is 7.72. The number of hydrogen-bond donors (Lipinski definition) is 1. The Morgan fingerprint density at radius 3 is 2.57 bits per heavy atom. The number of likely N-dealkylation sites (tertiary alicyclic amines) is 1. The topological polar surface area (TPSA) is 58.9 Å². The lowest BCUT2D eigenvalue weighted by Crippen LogP contribution is -2.47. The molecule has 2 heterocycles. The molecule has 0 radical (unpaired) electrons. The molecule has 0 atom stereocenters. The number of guanidine groups is 1. The van der Waals surface area contributed by atoms with Crippen LogP contribution in [0.5, 0.6) is 5.75 Å². The largest absolute Gasteiger partial charge is 0.490 e. The van der Waals surface area contributed by atoms with E-state index in [0.717, 1.165) is 75.8 Å². The van der Waals surface area contributed by atoms with Crippen LogP contribution in [-0.4, -0.2) is 47.7 Å². The molecule has 1 aromatic carbocycles. The summed E-state index contributed by atoms with van der Waals surface area (Å²) in [6.07, 6.45) is 4.16. The Bertz CT molecular complexity index is 855. The van der Waals surface area contributed by atoms with Crippen molar-refractivity contribution < 1.29 is 4.74 Å². The Morgan fingerprint density at radius 1 is 1.10 bits per heavy atom. The van der Waals surface area contributed by atoms with Gasteiger partial charge >= 0.3 is 0 Å². The van der Waals surface area contributed by atoms with Gasteiger partial charge in [-0.2, -0.15) is 0 Å². The molecule has 162 valence electrons. The van der Waals surface area contributed by atoms with Crippen LogP contribution >= 0.6 is 0 Å². The summed E-state index contributed by atoms with van der Waals surface area (Å²) in [7, 11) is 0. The quantitative estimate of drug-likeness (QED) is 0.411. The van der Waals surface area contributed by atoms with Crippen molar-refractivity contribution in [1.29, 1.82) is 0 Å². The molecule has 0 bridgehead atoms. The minimum atomic E-state index is 0.0763. The first kappa shape index (κ1) is 21.9. The zero-order valence-corrected chi connectivity index (χ0v) is 18.2. The number of aromatic nitrogens is 1. The number of unbranched alkanes of at least 4 members (excludes halogenated alkanes) is 1. The van der Waals surface area contributed by atoms with Crippen molar-refractivity contribution >= 4 is 5.96 Å². The average Bonchev–Trinajstić information content (AvgIpc) is 2.76. The van der Waals surface area contributed by atoms with E-state index in [1.807, 2.05) is 54.0 Å². The SMILES string of the molecule is CCNC(=NCCCCn1c(C)cccc1=O)N1CCC(Oc2ccccc2)CC1. The second-order valence-corrected chi connectivity index (χ2v) is 7.72. The van der Waals surface area contributed by atoms with Crippen molar-refractivity contribution in [3.8, 4) is 5.75 Å². The molecule has 30 heavy (non-hydrogen) atoms. The lowest BCUT2D eigenvalue weighted by Gasteiger charge is -2.34. The maximum absolute atomic E-state index is 12.0. The van der Waals surface area contributed by atoms with Gasteiger partial charge in [0.2, 0.25) is 0 Å². The monoisotopic (exact) mass is 410 g/mol. The zero-order valence-electron chi connectivity index (χ0n) is 18.2. The highest BCUT2D eigenvalue weighted by molar-refractivity contribution is 5.80. The summed E-state index contributed by atoms with van der Waals surface area (Å²) in [6.45, 7) is 8.35. The van der Waals surface area contributed by atoms with E-state index in [2.05, 4.69) is 17.1 Å². The van der Waals surface area contributed by atoms with Crippen molar-refractivity contribution in [1.82, 2.24) is 14.8 Å². The van der Waals surface area contributed by atoms with Crippen LogP contribution < -0.4 is 15.6 Å². The van der Waals surface area contributed by atoms with Crippen LogP contribution in [0.25, 0.3) is 0 Å². The van der Waals surface area contributed by atoms with E-state index in [9.17, 15) is 4.79 Å². The minimum absolute atomic E-state index is 0.0763. The van der Waals surface area contributed by atoms with Gasteiger partial charge in [-0.15, -0.1) is 0 Å². The fraction of sp³-hybridized carbons (Fsp3) is 0.500. The van der Waals surface area contributed by atoms with E-state index in [-0.39, 0.29) is 11.7 Å². The first-order chi connectivity index (χ1) is 14.7. The molecule has 1 aliphatic heterocycles. The minimum Gasteiger partial charge on any atom is -0.490 e. The van der Waals surface area contributed by atoms with Crippen molar-refractivity contribution in [3.63, 3.8) is 0 Å². The molecule has 1 saturated heterocycles. The number of aliphatic imine (C=N–C) groups is 1. The number of aryl methyl sites for hydroxylation is 1. The van der Waals surface area contributed by atoms with E-state index in [4.69, 9.17) is 9.73 Å². The lowest BCUT2D eigenvalue weighted by atomic mass is 10.1. The molecule has 0 saturated carbocycles. The number of para-hydroxylation sites is 1. The standard InChI is InChI=1S/C24H34N4O2/c1-3-25-24(26-16-7-8-17-28-20(2)10-9-13-23(28)29)27-18-14-22(15-19-27)30-21-11-5-4-6-12-21/h4-6,9-13,22H,3,7-8,14-19H2,1-2H3,(H,25,26). The fourth-order valence-corrected chi connectivity index (χ4v) is 3.78. The number of pyridine rings is 1. The number of benzene rings is 1. The molecule has 1 aromatic heterocycles. The molecule has 1 N–H and O–H groups in total. The van der Waals surface area contributed by atoms with Crippen molar-refractivity contribution in [2.24, 2.45) is 4.99 Å². The molecule has 0 unspecified atom stereocenters. The third-order valence-electron chi connectivity index (χ3n) is 5.44. The normalized spacial score (nSPS) is 15.3. The summed E-state index contributed by atoms with van der Waals surface area (Å²) in [5.41, 5.74) is 1.09. The van der Waals surface area contributed by atoms with Crippen LogP contribution in [0.2, 0.25) is 0 Å². The van der Waals surface area contributed by atoms with Crippen LogP contribution in [0.15, 0.2) is 58.3 Å². The van der Waals surface area contributed by atoms with Gasteiger partial charge in [0.15, 0.2) is 5.96 Å². The number of nitrogens with one attached hydrogen (secondary N) is 1. The maximum Gasteiger partial charge on any atom is 0.250 e. The van der Waals surface area contributed by atoms with E-state index < -0.39 is 0 Å². The Labute approximate surface area is 179 Å². The molecule has 0 amide bonds. The van der Waals surface area contributed by atoms with Crippen molar-refractivity contribution in [2.75, 3.05) is 26.2 Å². The van der Waals surface area contributed by atoms with Gasteiger partial charge in [-0.25, -0.2) is 0 Å². The smallest absolute Gasteiger partial charge is 0.250 e. The zero-order chi connectivity index (χ0) is 21.2. The van der Waals surface area contributed by atoms with Gasteiger partial charge in [0.1, 0.15) is 11.9 Å². The molecule has 1 aliphatic rings. The molecular weight excluding hydrogens is 376 g/mol. The predicted octanol–water partition coefficient (Wildman–Crippen LogP) is 3.45. The highest BCUT2D eigenvalue weighted by atomic mass is 16.5. The molecule has 6 heteroatoms. The van der Waals surface area contributed by atoms with E-state index in [0.29, 0.717) is 0 Å². The van der Waals surface area contributed by atoms with Crippen molar-refractivity contribution in [2.45, 2.75) is 52.2 Å².